The summed E-state index contributed by atoms with van der Waals surface area (Å²) in [6.07, 6.45) is 3.81. The fourth-order valence-corrected chi connectivity index (χ4v) is 2.29. The highest BCUT2D eigenvalue weighted by Crippen LogP contribution is 2.15. The van der Waals surface area contributed by atoms with Crippen molar-refractivity contribution in [3.8, 4) is 0 Å². The van der Waals surface area contributed by atoms with Crippen molar-refractivity contribution in [2.45, 2.75) is 45.1 Å². The Morgan fingerprint density at radius 1 is 1.41 bits per heavy atom. The van der Waals surface area contributed by atoms with Gasteiger partial charge in [-0.1, -0.05) is 13.3 Å². The summed E-state index contributed by atoms with van der Waals surface area (Å²) in [5.41, 5.74) is 4.86. The highest BCUT2D eigenvalue weighted by molar-refractivity contribution is 7.99. The van der Waals surface area contributed by atoms with E-state index in [9.17, 15) is 4.79 Å². The van der Waals surface area contributed by atoms with Crippen LogP contribution in [0.5, 0.6) is 0 Å². The lowest BCUT2D eigenvalue weighted by Crippen LogP contribution is -2.53. The number of unbranched alkanes of at least 4 members (excludes halogenated alkanes) is 1. The van der Waals surface area contributed by atoms with Gasteiger partial charge in [0, 0.05) is 5.75 Å². The summed E-state index contributed by atoms with van der Waals surface area (Å²) >= 11 is 1.74. The lowest BCUT2D eigenvalue weighted by Gasteiger charge is -2.27. The van der Waals surface area contributed by atoms with Crippen LogP contribution in [0.25, 0.3) is 0 Å². The van der Waals surface area contributed by atoms with Crippen LogP contribution in [-0.2, 0) is 4.79 Å². The van der Waals surface area contributed by atoms with Crippen LogP contribution in [-0.4, -0.2) is 41.2 Å². The second-order valence-corrected chi connectivity index (χ2v) is 5.64. The number of aliphatic hydroxyl groups is 1. The van der Waals surface area contributed by atoms with Crippen molar-refractivity contribution in [1.82, 2.24) is 5.32 Å². The summed E-state index contributed by atoms with van der Waals surface area (Å²) in [6, 6.07) is 0. The molecule has 17 heavy (non-hydrogen) atoms. The number of nitrogens with one attached hydrogen (secondary N) is 1. The molecule has 0 aliphatic heterocycles. The van der Waals surface area contributed by atoms with Gasteiger partial charge in [0.25, 0.3) is 0 Å². The number of hydrogen-bond donors (Lipinski definition) is 3. The van der Waals surface area contributed by atoms with Crippen LogP contribution in [0.1, 0.15) is 39.5 Å². The molecule has 0 saturated heterocycles. The lowest BCUT2D eigenvalue weighted by atomic mass is 9.94. The van der Waals surface area contributed by atoms with E-state index in [0.717, 1.165) is 43.7 Å². The Morgan fingerprint density at radius 2 is 2.12 bits per heavy atom. The molecular weight excluding hydrogens is 236 g/mol. The van der Waals surface area contributed by atoms with Crippen LogP contribution < -0.4 is 11.1 Å². The highest BCUT2D eigenvalue weighted by atomic mass is 32.2. The molecule has 0 spiro atoms. The summed E-state index contributed by atoms with van der Waals surface area (Å²) < 4.78 is 0. The monoisotopic (exact) mass is 262 g/mol. The van der Waals surface area contributed by atoms with E-state index in [2.05, 4.69) is 12.2 Å². The maximum absolute atomic E-state index is 11.4. The molecule has 102 valence electrons. The maximum atomic E-state index is 11.4. The molecule has 0 aromatic carbocycles. The Labute approximate surface area is 109 Å². The van der Waals surface area contributed by atoms with Crippen molar-refractivity contribution in [3.63, 3.8) is 0 Å². The molecule has 0 fully saturated rings. The number of aliphatic hydroxyl groups excluding tert-OH is 1. The molecule has 0 aromatic rings. The zero-order valence-electron chi connectivity index (χ0n) is 11.0. The van der Waals surface area contributed by atoms with Gasteiger partial charge in [-0.3, -0.25) is 4.79 Å². The van der Waals surface area contributed by atoms with E-state index in [0.29, 0.717) is 0 Å². The fraction of sp³-hybridized carbons (Fsp3) is 0.917. The second kappa shape index (κ2) is 9.74. The van der Waals surface area contributed by atoms with Gasteiger partial charge in [0.2, 0.25) is 5.91 Å². The molecular formula is C12H26N2O2S. The van der Waals surface area contributed by atoms with E-state index >= 15 is 0 Å². The van der Waals surface area contributed by atoms with Gasteiger partial charge < -0.3 is 16.2 Å². The van der Waals surface area contributed by atoms with Gasteiger partial charge in [-0.25, -0.2) is 0 Å². The first-order chi connectivity index (χ1) is 8.06. The Hall–Kier alpha value is -0.260. The molecule has 0 heterocycles. The van der Waals surface area contributed by atoms with Gasteiger partial charge in [-0.2, -0.15) is 11.8 Å². The van der Waals surface area contributed by atoms with Gasteiger partial charge >= 0.3 is 0 Å². The molecule has 0 bridgehead atoms. The predicted molar refractivity (Wildman–Crippen MR) is 74.2 cm³/mol. The average Bonchev–Trinajstić information content (AvgIpc) is 2.31. The van der Waals surface area contributed by atoms with E-state index in [1.807, 2.05) is 6.92 Å². The normalized spacial score (nSPS) is 14.5. The highest BCUT2D eigenvalue weighted by Gasteiger charge is 2.29. The summed E-state index contributed by atoms with van der Waals surface area (Å²) in [4.78, 5) is 11.4. The molecule has 0 saturated carbocycles. The standard InChI is InChI=1S/C12H26N2O2S/c1-3-7-14-12(2,11(13)16)6-4-5-9-17-10-8-15/h14-15H,3-10H2,1-2H3,(H2,13,16). The number of nitrogens with two attached hydrogens (primary N) is 1. The number of hydrogen-bond acceptors (Lipinski definition) is 4. The van der Waals surface area contributed by atoms with E-state index in [1.165, 1.54) is 0 Å². The fourth-order valence-electron chi connectivity index (χ4n) is 1.55. The molecule has 0 rings (SSSR count). The average molecular weight is 262 g/mol. The first-order valence-electron chi connectivity index (χ1n) is 6.30. The molecule has 4 nitrogen and oxygen atoms in total. The molecule has 1 unspecified atom stereocenters. The number of thioether (sulfide) groups is 1. The van der Waals surface area contributed by atoms with E-state index < -0.39 is 5.54 Å². The summed E-state index contributed by atoms with van der Waals surface area (Å²) in [5, 5.41) is 11.9. The second-order valence-electron chi connectivity index (χ2n) is 4.42. The minimum Gasteiger partial charge on any atom is -0.396 e. The van der Waals surface area contributed by atoms with Crippen molar-refractivity contribution < 1.29 is 9.90 Å². The SMILES string of the molecule is CCCNC(C)(CCCCSCCO)C(N)=O. The van der Waals surface area contributed by atoms with Crippen molar-refractivity contribution in [1.29, 1.82) is 0 Å². The Balaban J connectivity index is 3.81. The summed E-state index contributed by atoms with van der Waals surface area (Å²) in [6.45, 7) is 5.01. The van der Waals surface area contributed by atoms with Crippen LogP contribution in [0.3, 0.4) is 0 Å². The Bertz CT molecular complexity index is 215. The first kappa shape index (κ1) is 16.7. The Morgan fingerprint density at radius 3 is 2.65 bits per heavy atom. The van der Waals surface area contributed by atoms with Crippen molar-refractivity contribution >= 4 is 17.7 Å². The van der Waals surface area contributed by atoms with Gasteiger partial charge in [0.1, 0.15) is 0 Å². The topological polar surface area (TPSA) is 75.3 Å². The third-order valence-electron chi connectivity index (χ3n) is 2.76. The van der Waals surface area contributed by atoms with Gasteiger partial charge in [0.05, 0.1) is 12.1 Å². The quantitative estimate of drug-likeness (QED) is 0.488. The molecule has 4 N–H and O–H groups in total. The first-order valence-corrected chi connectivity index (χ1v) is 7.46. The van der Waals surface area contributed by atoms with Gasteiger partial charge in [-0.15, -0.1) is 0 Å². The van der Waals surface area contributed by atoms with E-state index in [4.69, 9.17) is 10.8 Å². The molecule has 0 aliphatic carbocycles. The van der Waals surface area contributed by atoms with Crippen LogP contribution >= 0.6 is 11.8 Å². The zero-order valence-corrected chi connectivity index (χ0v) is 11.8. The van der Waals surface area contributed by atoms with Crippen molar-refractivity contribution in [3.05, 3.63) is 0 Å². The number of carbonyl (C=O) groups excluding carboxylic acids is 1. The van der Waals surface area contributed by atoms with E-state index in [1.54, 1.807) is 11.8 Å². The Kier molecular flexibility index (Phi) is 9.59. The van der Waals surface area contributed by atoms with Crippen LogP contribution in [0, 0.1) is 0 Å². The molecule has 0 aliphatic rings. The largest absolute Gasteiger partial charge is 0.396 e. The third kappa shape index (κ3) is 7.63. The lowest BCUT2D eigenvalue weighted by molar-refractivity contribution is -0.124. The minimum atomic E-state index is -0.572. The van der Waals surface area contributed by atoms with Crippen LogP contribution in [0.2, 0.25) is 0 Å². The van der Waals surface area contributed by atoms with E-state index in [-0.39, 0.29) is 12.5 Å². The van der Waals surface area contributed by atoms with Gasteiger partial charge in [0.15, 0.2) is 0 Å². The zero-order chi connectivity index (χ0) is 13.1. The third-order valence-corrected chi connectivity index (χ3v) is 3.81. The summed E-state index contributed by atoms with van der Waals surface area (Å²) in [5.74, 6) is 1.55. The minimum absolute atomic E-state index is 0.238. The van der Waals surface area contributed by atoms with Crippen LogP contribution in [0.4, 0.5) is 0 Å². The molecule has 0 aromatic heterocycles. The smallest absolute Gasteiger partial charge is 0.237 e. The summed E-state index contributed by atoms with van der Waals surface area (Å²) in [7, 11) is 0. The predicted octanol–water partition coefficient (Wildman–Crippen LogP) is 1.13. The number of rotatable bonds is 11. The number of primary amides is 1. The van der Waals surface area contributed by atoms with Gasteiger partial charge in [-0.05, 0) is 38.5 Å². The molecule has 1 amide bonds. The van der Waals surface area contributed by atoms with Crippen molar-refractivity contribution in [2.24, 2.45) is 5.73 Å². The van der Waals surface area contributed by atoms with Crippen molar-refractivity contribution in [2.75, 3.05) is 24.7 Å². The molecule has 5 heteroatoms. The molecule has 0 radical (unpaired) electrons. The number of carbonyl (C=O) groups is 1. The number of amides is 1. The molecule has 1 atom stereocenters. The maximum Gasteiger partial charge on any atom is 0.237 e. The van der Waals surface area contributed by atoms with Crippen LogP contribution in [0.15, 0.2) is 0 Å².